The summed E-state index contributed by atoms with van der Waals surface area (Å²) in [7, 11) is 1.28. The molecule has 1 aromatic rings. The Kier molecular flexibility index (Phi) is 4.35. The van der Waals surface area contributed by atoms with Crippen molar-refractivity contribution in [2.24, 2.45) is 0 Å². The van der Waals surface area contributed by atoms with Gasteiger partial charge in [0, 0.05) is 4.47 Å². The van der Waals surface area contributed by atoms with E-state index in [1.807, 2.05) is 0 Å². The van der Waals surface area contributed by atoms with E-state index in [4.69, 9.17) is 11.6 Å². The minimum atomic E-state index is -0.449. The van der Waals surface area contributed by atoms with Crippen LogP contribution in [0.2, 0.25) is 5.02 Å². The molecule has 0 amide bonds. The van der Waals surface area contributed by atoms with Crippen LogP contribution >= 0.6 is 27.5 Å². The summed E-state index contributed by atoms with van der Waals surface area (Å²) in [6.45, 7) is -0.0273. The van der Waals surface area contributed by atoms with Crippen molar-refractivity contribution in [3.05, 3.63) is 27.4 Å². The van der Waals surface area contributed by atoms with Gasteiger partial charge in [0.05, 0.1) is 17.8 Å². The van der Waals surface area contributed by atoms with Crippen LogP contribution in [0.25, 0.3) is 0 Å². The normalized spacial score (nSPS) is 9.87. The van der Waals surface area contributed by atoms with E-state index in [9.17, 15) is 9.18 Å². The first-order valence-electron chi connectivity index (χ1n) is 4.00. The highest BCUT2D eigenvalue weighted by Gasteiger charge is 2.09. The number of esters is 1. The largest absolute Gasteiger partial charge is 0.468 e. The first-order chi connectivity index (χ1) is 7.04. The van der Waals surface area contributed by atoms with Gasteiger partial charge in [-0.25, -0.2) is 4.39 Å². The Hall–Kier alpha value is -0.810. The van der Waals surface area contributed by atoms with Crippen molar-refractivity contribution in [3.63, 3.8) is 0 Å². The Morgan fingerprint density at radius 2 is 2.33 bits per heavy atom. The highest BCUT2D eigenvalue weighted by molar-refractivity contribution is 9.10. The fourth-order valence-corrected chi connectivity index (χ4v) is 1.90. The molecule has 0 heterocycles. The summed E-state index contributed by atoms with van der Waals surface area (Å²) in [4.78, 5) is 10.9. The molecule has 0 spiro atoms. The number of carbonyl (C=O) groups is 1. The van der Waals surface area contributed by atoms with Crippen molar-refractivity contribution < 1.29 is 13.9 Å². The molecule has 0 radical (unpaired) electrons. The molecule has 0 atom stereocenters. The van der Waals surface area contributed by atoms with Crippen molar-refractivity contribution in [2.75, 3.05) is 19.0 Å². The molecule has 0 aromatic heterocycles. The van der Waals surface area contributed by atoms with Crippen molar-refractivity contribution in [1.82, 2.24) is 0 Å². The van der Waals surface area contributed by atoms with E-state index < -0.39 is 11.8 Å². The monoisotopic (exact) mass is 295 g/mol. The SMILES string of the molecule is COC(=O)CNc1c(Cl)cc(F)cc1Br. The van der Waals surface area contributed by atoms with Crippen molar-refractivity contribution in [2.45, 2.75) is 0 Å². The molecule has 0 unspecified atom stereocenters. The Bertz CT molecular complexity index is 363. The second-order valence-electron chi connectivity index (χ2n) is 2.67. The van der Waals surface area contributed by atoms with Gasteiger partial charge in [0.2, 0.25) is 0 Å². The van der Waals surface area contributed by atoms with E-state index in [-0.39, 0.29) is 11.6 Å². The molecule has 1 aromatic carbocycles. The number of hydrogen-bond donors (Lipinski definition) is 1. The zero-order valence-electron chi connectivity index (χ0n) is 7.81. The van der Waals surface area contributed by atoms with E-state index in [2.05, 4.69) is 26.0 Å². The minimum absolute atomic E-state index is 0.0273. The quantitative estimate of drug-likeness (QED) is 0.872. The topological polar surface area (TPSA) is 38.3 Å². The maximum atomic E-state index is 12.8. The average Bonchev–Trinajstić information content (AvgIpc) is 2.15. The van der Waals surface area contributed by atoms with E-state index in [0.29, 0.717) is 10.2 Å². The van der Waals surface area contributed by atoms with Gasteiger partial charge in [-0.2, -0.15) is 0 Å². The Balaban J connectivity index is 2.81. The fraction of sp³-hybridized carbons (Fsp3) is 0.222. The average molecular weight is 297 g/mol. The maximum absolute atomic E-state index is 12.8. The predicted octanol–water partition coefficient (Wildman–Crippen LogP) is 2.83. The van der Waals surface area contributed by atoms with Crippen LogP contribution in [-0.2, 0) is 9.53 Å². The van der Waals surface area contributed by atoms with Gasteiger partial charge in [-0.15, -0.1) is 0 Å². The summed E-state index contributed by atoms with van der Waals surface area (Å²) >= 11 is 8.91. The van der Waals surface area contributed by atoms with Gasteiger partial charge >= 0.3 is 5.97 Å². The zero-order chi connectivity index (χ0) is 11.4. The summed E-state index contributed by atoms with van der Waals surface area (Å²) < 4.78 is 17.7. The van der Waals surface area contributed by atoms with Crippen LogP contribution in [-0.4, -0.2) is 19.6 Å². The van der Waals surface area contributed by atoms with Gasteiger partial charge in [0.15, 0.2) is 0 Å². The number of carbonyl (C=O) groups excluding carboxylic acids is 1. The number of halogens is 3. The smallest absolute Gasteiger partial charge is 0.325 e. The number of nitrogens with one attached hydrogen (secondary N) is 1. The number of rotatable bonds is 3. The minimum Gasteiger partial charge on any atom is -0.468 e. The van der Waals surface area contributed by atoms with Gasteiger partial charge in [-0.3, -0.25) is 4.79 Å². The highest BCUT2D eigenvalue weighted by Crippen LogP contribution is 2.31. The molecule has 0 saturated heterocycles. The second kappa shape index (κ2) is 5.32. The van der Waals surface area contributed by atoms with Crippen molar-refractivity contribution in [3.8, 4) is 0 Å². The molecule has 6 heteroatoms. The summed E-state index contributed by atoms with van der Waals surface area (Å²) in [5, 5.41) is 2.94. The molecule has 0 aliphatic rings. The third-order valence-corrected chi connectivity index (χ3v) is 2.57. The molecule has 82 valence electrons. The van der Waals surface area contributed by atoms with Crippen LogP contribution in [0, 0.1) is 5.82 Å². The second-order valence-corrected chi connectivity index (χ2v) is 3.94. The van der Waals surface area contributed by atoms with Crippen molar-refractivity contribution in [1.29, 1.82) is 0 Å². The standard InChI is InChI=1S/C9H8BrClFNO2/c1-15-8(14)4-13-9-6(10)2-5(12)3-7(9)11/h2-3,13H,4H2,1H3. The first-order valence-corrected chi connectivity index (χ1v) is 5.17. The van der Waals surface area contributed by atoms with Crippen LogP contribution < -0.4 is 5.32 Å². The van der Waals surface area contributed by atoms with E-state index in [1.54, 1.807) is 0 Å². The third kappa shape index (κ3) is 3.35. The van der Waals surface area contributed by atoms with Gasteiger partial charge < -0.3 is 10.1 Å². The predicted molar refractivity (Wildman–Crippen MR) is 59.6 cm³/mol. The number of hydrogen-bond acceptors (Lipinski definition) is 3. The molecule has 0 fully saturated rings. The molecule has 0 aliphatic carbocycles. The maximum Gasteiger partial charge on any atom is 0.325 e. The highest BCUT2D eigenvalue weighted by atomic mass is 79.9. The lowest BCUT2D eigenvalue weighted by atomic mass is 10.3. The fourth-order valence-electron chi connectivity index (χ4n) is 0.944. The number of ether oxygens (including phenoxy) is 1. The van der Waals surface area contributed by atoms with E-state index in [0.717, 1.165) is 6.07 Å². The molecular weight excluding hydrogens is 288 g/mol. The van der Waals surface area contributed by atoms with Gasteiger partial charge in [-0.1, -0.05) is 11.6 Å². The zero-order valence-corrected chi connectivity index (χ0v) is 10.2. The molecule has 1 rings (SSSR count). The molecule has 1 N–H and O–H groups in total. The summed E-state index contributed by atoms with van der Waals surface area (Å²) in [6.07, 6.45) is 0. The van der Waals surface area contributed by atoms with Crippen LogP contribution in [0.4, 0.5) is 10.1 Å². The molecule has 15 heavy (non-hydrogen) atoms. The lowest BCUT2D eigenvalue weighted by molar-refractivity contribution is -0.138. The summed E-state index contributed by atoms with van der Waals surface area (Å²) in [5.74, 6) is -0.877. The van der Waals surface area contributed by atoms with Crippen LogP contribution in [0.15, 0.2) is 16.6 Å². The van der Waals surface area contributed by atoms with Gasteiger partial charge in [0.1, 0.15) is 12.4 Å². The Labute approximate surface area is 99.7 Å². The molecule has 3 nitrogen and oxygen atoms in total. The van der Waals surface area contributed by atoms with Gasteiger partial charge in [-0.05, 0) is 28.1 Å². The van der Waals surface area contributed by atoms with Gasteiger partial charge in [0.25, 0.3) is 0 Å². The molecule has 0 saturated carbocycles. The number of benzene rings is 1. The van der Waals surface area contributed by atoms with E-state index >= 15 is 0 Å². The molecular formula is C9H8BrClFNO2. The lowest BCUT2D eigenvalue weighted by Crippen LogP contribution is -2.15. The Morgan fingerprint density at radius 3 is 2.87 bits per heavy atom. The third-order valence-electron chi connectivity index (χ3n) is 1.64. The lowest BCUT2D eigenvalue weighted by Gasteiger charge is -2.09. The van der Waals surface area contributed by atoms with E-state index in [1.165, 1.54) is 13.2 Å². The summed E-state index contributed by atoms with van der Waals surface area (Å²) in [6, 6.07) is 2.41. The number of anilines is 1. The molecule has 0 aliphatic heterocycles. The Morgan fingerprint density at radius 1 is 1.67 bits per heavy atom. The summed E-state index contributed by atoms with van der Waals surface area (Å²) in [5.41, 5.74) is 0.462. The van der Waals surface area contributed by atoms with Crippen molar-refractivity contribution >= 4 is 39.2 Å². The van der Waals surface area contributed by atoms with Crippen LogP contribution in [0.1, 0.15) is 0 Å². The van der Waals surface area contributed by atoms with Crippen LogP contribution in [0.5, 0.6) is 0 Å². The number of methoxy groups -OCH3 is 1. The molecule has 0 bridgehead atoms. The first kappa shape index (κ1) is 12.3. The van der Waals surface area contributed by atoms with Crippen LogP contribution in [0.3, 0.4) is 0 Å².